The number of nitrogens with one attached hydrogen (secondary N) is 1. The minimum Gasteiger partial charge on any atom is -0.342 e. The van der Waals surface area contributed by atoms with E-state index in [1.54, 1.807) is 6.07 Å². The normalized spacial score (nSPS) is 17.8. The molecule has 1 aromatic carbocycles. The van der Waals surface area contributed by atoms with Gasteiger partial charge in [-0.25, -0.2) is 4.39 Å². The Morgan fingerprint density at radius 1 is 1.24 bits per heavy atom. The third kappa shape index (κ3) is 1.84. The van der Waals surface area contributed by atoms with Crippen LogP contribution in [0.25, 0.3) is 10.9 Å². The third-order valence-electron chi connectivity index (χ3n) is 3.67. The lowest BCUT2D eigenvalue weighted by Crippen LogP contribution is -2.29. The van der Waals surface area contributed by atoms with Crippen molar-refractivity contribution in [1.82, 2.24) is 9.88 Å². The average molecular weight is 232 g/mol. The van der Waals surface area contributed by atoms with E-state index in [1.807, 2.05) is 6.07 Å². The summed E-state index contributed by atoms with van der Waals surface area (Å²) < 4.78 is 15.7. The molecule has 3 rings (SSSR count). The van der Waals surface area contributed by atoms with Gasteiger partial charge in [-0.1, -0.05) is 0 Å². The van der Waals surface area contributed by atoms with Crippen LogP contribution in [0.1, 0.15) is 24.6 Å². The van der Waals surface area contributed by atoms with Gasteiger partial charge in [-0.2, -0.15) is 0 Å². The Morgan fingerprint density at radius 2 is 2.00 bits per heavy atom. The van der Waals surface area contributed by atoms with Crippen LogP contribution in [0, 0.1) is 12.7 Å². The zero-order valence-electron chi connectivity index (χ0n) is 10.0. The van der Waals surface area contributed by atoms with Crippen LogP contribution in [-0.2, 0) is 0 Å². The van der Waals surface area contributed by atoms with Gasteiger partial charge in [0, 0.05) is 17.1 Å². The molecule has 90 valence electrons. The summed E-state index contributed by atoms with van der Waals surface area (Å²) >= 11 is 0. The van der Waals surface area contributed by atoms with E-state index >= 15 is 0 Å². The van der Waals surface area contributed by atoms with Crippen LogP contribution < -0.4 is 5.32 Å². The molecule has 1 aromatic heterocycles. The minimum atomic E-state index is -0.147. The summed E-state index contributed by atoms with van der Waals surface area (Å²) in [6.07, 6.45) is 2.25. The molecular formula is C14H17FN2. The number of aromatic nitrogens is 1. The van der Waals surface area contributed by atoms with Crippen molar-refractivity contribution in [3.05, 3.63) is 35.8 Å². The molecule has 2 heterocycles. The van der Waals surface area contributed by atoms with Crippen LogP contribution >= 0.6 is 0 Å². The van der Waals surface area contributed by atoms with Crippen molar-refractivity contribution in [3.63, 3.8) is 0 Å². The van der Waals surface area contributed by atoms with Gasteiger partial charge in [0.15, 0.2) is 0 Å². The Labute approximate surface area is 100 Å². The Balaban J connectivity index is 2.13. The molecule has 1 fully saturated rings. The van der Waals surface area contributed by atoms with Gasteiger partial charge in [0.05, 0.1) is 5.52 Å². The first-order valence-electron chi connectivity index (χ1n) is 6.23. The number of hydrogen-bond acceptors (Lipinski definition) is 1. The smallest absolute Gasteiger partial charge is 0.125 e. The van der Waals surface area contributed by atoms with Gasteiger partial charge in [-0.15, -0.1) is 0 Å². The first-order chi connectivity index (χ1) is 8.25. The van der Waals surface area contributed by atoms with Crippen molar-refractivity contribution in [2.45, 2.75) is 25.8 Å². The van der Waals surface area contributed by atoms with Crippen LogP contribution in [0.5, 0.6) is 0 Å². The molecule has 1 aliphatic rings. The summed E-state index contributed by atoms with van der Waals surface area (Å²) in [5.41, 5.74) is 2.27. The zero-order valence-corrected chi connectivity index (χ0v) is 10.0. The molecular weight excluding hydrogens is 215 g/mol. The molecule has 1 N–H and O–H groups in total. The second-order valence-corrected chi connectivity index (χ2v) is 4.84. The molecule has 1 saturated heterocycles. The molecule has 0 spiro atoms. The number of rotatable bonds is 1. The summed E-state index contributed by atoms with van der Waals surface area (Å²) in [6, 6.07) is 7.72. The molecule has 1 aliphatic heterocycles. The monoisotopic (exact) mass is 232 g/mol. The molecule has 0 atom stereocenters. The van der Waals surface area contributed by atoms with Crippen LogP contribution in [0.15, 0.2) is 24.3 Å². The van der Waals surface area contributed by atoms with Crippen LogP contribution in [-0.4, -0.2) is 17.7 Å². The predicted octanol–water partition coefficient (Wildman–Crippen LogP) is 3.01. The van der Waals surface area contributed by atoms with Crippen molar-refractivity contribution in [3.8, 4) is 0 Å². The van der Waals surface area contributed by atoms with Crippen LogP contribution in [0.3, 0.4) is 0 Å². The van der Waals surface area contributed by atoms with E-state index in [0.29, 0.717) is 6.04 Å². The van der Waals surface area contributed by atoms with Gasteiger partial charge >= 0.3 is 0 Å². The maximum absolute atomic E-state index is 13.4. The van der Waals surface area contributed by atoms with Gasteiger partial charge in [-0.05, 0) is 57.1 Å². The Bertz CT molecular complexity index is 538. The quantitative estimate of drug-likeness (QED) is 0.799. The number of nitrogens with zero attached hydrogens (tertiary/aromatic N) is 1. The van der Waals surface area contributed by atoms with Crippen molar-refractivity contribution in [2.24, 2.45) is 0 Å². The van der Waals surface area contributed by atoms with E-state index in [1.165, 1.54) is 11.8 Å². The largest absolute Gasteiger partial charge is 0.342 e. The average Bonchev–Trinajstić information content (AvgIpc) is 2.65. The van der Waals surface area contributed by atoms with Gasteiger partial charge in [-0.3, -0.25) is 0 Å². The standard InChI is InChI=1S/C14H17FN2/c1-10-8-11-2-3-12(15)9-14(11)17(10)13-4-6-16-7-5-13/h2-3,8-9,13,16H,4-7H2,1H3. The molecule has 17 heavy (non-hydrogen) atoms. The number of benzene rings is 1. The number of aryl methyl sites for hydroxylation is 1. The SMILES string of the molecule is Cc1cc2ccc(F)cc2n1C1CCNCC1. The van der Waals surface area contributed by atoms with E-state index in [-0.39, 0.29) is 5.82 Å². The van der Waals surface area contributed by atoms with E-state index in [2.05, 4.69) is 22.9 Å². The lowest BCUT2D eigenvalue weighted by Gasteiger charge is -2.26. The van der Waals surface area contributed by atoms with E-state index < -0.39 is 0 Å². The summed E-state index contributed by atoms with van der Waals surface area (Å²) in [7, 11) is 0. The van der Waals surface area contributed by atoms with Crippen molar-refractivity contribution in [1.29, 1.82) is 0 Å². The molecule has 3 heteroatoms. The fraction of sp³-hybridized carbons (Fsp3) is 0.429. The molecule has 0 amide bonds. The fourth-order valence-electron chi connectivity index (χ4n) is 2.88. The number of hydrogen-bond donors (Lipinski definition) is 1. The summed E-state index contributed by atoms with van der Waals surface area (Å²) in [4.78, 5) is 0. The molecule has 2 aromatic rings. The zero-order chi connectivity index (χ0) is 11.8. The highest BCUT2D eigenvalue weighted by molar-refractivity contribution is 5.81. The Kier molecular flexibility index (Phi) is 2.63. The highest BCUT2D eigenvalue weighted by Crippen LogP contribution is 2.28. The second-order valence-electron chi connectivity index (χ2n) is 4.84. The van der Waals surface area contributed by atoms with Crippen LogP contribution in [0.2, 0.25) is 0 Å². The number of halogens is 1. The number of fused-ring (bicyclic) bond motifs is 1. The highest BCUT2D eigenvalue weighted by atomic mass is 19.1. The summed E-state index contributed by atoms with van der Waals surface area (Å²) in [5, 5.41) is 4.51. The maximum Gasteiger partial charge on any atom is 0.125 e. The van der Waals surface area contributed by atoms with Gasteiger partial charge in [0.2, 0.25) is 0 Å². The summed E-state index contributed by atoms with van der Waals surface area (Å²) in [5.74, 6) is -0.147. The van der Waals surface area contributed by atoms with Crippen LogP contribution in [0.4, 0.5) is 4.39 Å². The predicted molar refractivity (Wildman–Crippen MR) is 67.8 cm³/mol. The first-order valence-corrected chi connectivity index (χ1v) is 6.23. The van der Waals surface area contributed by atoms with Crippen molar-refractivity contribution >= 4 is 10.9 Å². The Morgan fingerprint density at radius 3 is 2.76 bits per heavy atom. The fourth-order valence-corrected chi connectivity index (χ4v) is 2.88. The lowest BCUT2D eigenvalue weighted by atomic mass is 10.1. The van der Waals surface area contributed by atoms with E-state index in [9.17, 15) is 4.39 Å². The maximum atomic E-state index is 13.4. The molecule has 2 nitrogen and oxygen atoms in total. The summed E-state index contributed by atoms with van der Waals surface area (Å²) in [6.45, 7) is 4.22. The van der Waals surface area contributed by atoms with Crippen molar-refractivity contribution < 1.29 is 4.39 Å². The van der Waals surface area contributed by atoms with E-state index in [0.717, 1.165) is 36.8 Å². The molecule has 0 unspecified atom stereocenters. The van der Waals surface area contributed by atoms with E-state index in [4.69, 9.17) is 0 Å². The highest BCUT2D eigenvalue weighted by Gasteiger charge is 2.18. The third-order valence-corrected chi connectivity index (χ3v) is 3.67. The molecule has 0 aliphatic carbocycles. The lowest BCUT2D eigenvalue weighted by molar-refractivity contribution is 0.372. The topological polar surface area (TPSA) is 17.0 Å². The molecule has 0 radical (unpaired) electrons. The number of piperidine rings is 1. The van der Waals surface area contributed by atoms with Gasteiger partial charge in [0.1, 0.15) is 5.82 Å². The van der Waals surface area contributed by atoms with Gasteiger partial charge < -0.3 is 9.88 Å². The molecule has 0 saturated carbocycles. The molecule has 0 bridgehead atoms. The first kappa shape index (κ1) is 10.8. The minimum absolute atomic E-state index is 0.147. The second kappa shape index (κ2) is 4.15. The van der Waals surface area contributed by atoms with Crippen molar-refractivity contribution in [2.75, 3.05) is 13.1 Å². The Hall–Kier alpha value is -1.35. The van der Waals surface area contributed by atoms with Gasteiger partial charge in [0.25, 0.3) is 0 Å².